The minimum Gasteiger partial charge on any atom is -0.504 e. The minimum absolute atomic E-state index is 0.0984. The number of para-hydroxylation sites is 1. The molecular weight excluding hydrogens is 280 g/mol. The summed E-state index contributed by atoms with van der Waals surface area (Å²) in [6, 6.07) is 12.7. The molecule has 0 atom stereocenters. The van der Waals surface area contributed by atoms with E-state index in [2.05, 4.69) is 15.9 Å². The molecule has 0 unspecified atom stereocenters. The fourth-order valence-corrected chi connectivity index (χ4v) is 1.90. The summed E-state index contributed by atoms with van der Waals surface area (Å²) in [5, 5.41) is 19.0. The molecule has 2 nitrogen and oxygen atoms in total. The summed E-state index contributed by atoms with van der Waals surface area (Å²) in [5.41, 5.74) is 1.60. The Morgan fingerprint density at radius 1 is 0.941 bits per heavy atom. The highest BCUT2D eigenvalue weighted by Crippen LogP contribution is 2.29. The summed E-state index contributed by atoms with van der Waals surface area (Å²) in [7, 11) is 0. The average molecular weight is 291 g/mol. The molecule has 3 heteroatoms. The summed E-state index contributed by atoms with van der Waals surface area (Å²) < 4.78 is 1.000. The van der Waals surface area contributed by atoms with Crippen LogP contribution in [0.3, 0.4) is 0 Å². The van der Waals surface area contributed by atoms with E-state index in [9.17, 15) is 10.2 Å². The Morgan fingerprint density at radius 3 is 2.47 bits per heavy atom. The van der Waals surface area contributed by atoms with E-state index in [1.54, 1.807) is 18.2 Å². The summed E-state index contributed by atoms with van der Waals surface area (Å²) in [6.45, 7) is 0. The second kappa shape index (κ2) is 5.06. The Morgan fingerprint density at radius 2 is 1.71 bits per heavy atom. The predicted octanol–water partition coefficient (Wildman–Crippen LogP) is 4.03. The molecule has 0 saturated carbocycles. The highest BCUT2D eigenvalue weighted by Gasteiger charge is 2.01. The maximum Gasteiger partial charge on any atom is 0.164 e. The zero-order valence-corrected chi connectivity index (χ0v) is 10.6. The molecule has 0 spiro atoms. The van der Waals surface area contributed by atoms with Crippen LogP contribution in [0.25, 0.3) is 12.2 Å². The number of benzene rings is 2. The average Bonchev–Trinajstić information content (AvgIpc) is 2.31. The lowest BCUT2D eigenvalue weighted by atomic mass is 10.1. The van der Waals surface area contributed by atoms with Crippen LogP contribution in [0.5, 0.6) is 11.5 Å². The molecule has 0 saturated heterocycles. The Balaban J connectivity index is 2.29. The van der Waals surface area contributed by atoms with Crippen LogP contribution in [0.15, 0.2) is 46.9 Å². The first-order valence-electron chi connectivity index (χ1n) is 5.11. The van der Waals surface area contributed by atoms with E-state index in [1.165, 1.54) is 6.07 Å². The summed E-state index contributed by atoms with van der Waals surface area (Å²) >= 11 is 3.39. The Kier molecular flexibility index (Phi) is 3.49. The molecule has 2 rings (SSSR count). The lowest BCUT2D eigenvalue weighted by molar-refractivity contribution is 0.403. The number of aromatic hydroxyl groups is 2. The van der Waals surface area contributed by atoms with Crippen LogP contribution in [0.1, 0.15) is 11.1 Å². The van der Waals surface area contributed by atoms with Gasteiger partial charge in [-0.2, -0.15) is 0 Å². The molecule has 0 fully saturated rings. The zero-order valence-electron chi connectivity index (χ0n) is 8.97. The van der Waals surface area contributed by atoms with Gasteiger partial charge in [-0.25, -0.2) is 0 Å². The molecule has 2 aromatic rings. The van der Waals surface area contributed by atoms with Crippen molar-refractivity contribution in [1.29, 1.82) is 0 Å². The summed E-state index contributed by atoms with van der Waals surface area (Å²) in [5.74, 6) is -0.208. The van der Waals surface area contributed by atoms with E-state index in [1.807, 2.05) is 30.3 Å². The molecule has 2 N–H and O–H groups in total. The van der Waals surface area contributed by atoms with Crippen LogP contribution in [-0.2, 0) is 0 Å². The topological polar surface area (TPSA) is 40.5 Å². The van der Waals surface area contributed by atoms with Crippen LogP contribution in [0, 0.1) is 0 Å². The van der Waals surface area contributed by atoms with Crippen LogP contribution < -0.4 is 0 Å². The number of halogens is 1. The Labute approximate surface area is 108 Å². The normalized spacial score (nSPS) is 10.9. The molecule has 0 aliphatic rings. The van der Waals surface area contributed by atoms with Gasteiger partial charge in [-0.3, -0.25) is 0 Å². The lowest BCUT2D eigenvalue weighted by Crippen LogP contribution is -1.76. The zero-order chi connectivity index (χ0) is 12.3. The van der Waals surface area contributed by atoms with Gasteiger partial charge in [0.15, 0.2) is 11.5 Å². The van der Waals surface area contributed by atoms with Crippen molar-refractivity contribution in [3.05, 3.63) is 58.1 Å². The number of rotatable bonds is 2. The lowest BCUT2D eigenvalue weighted by Gasteiger charge is -2.01. The van der Waals surface area contributed by atoms with Crippen LogP contribution in [-0.4, -0.2) is 10.2 Å². The van der Waals surface area contributed by atoms with Gasteiger partial charge >= 0.3 is 0 Å². The van der Waals surface area contributed by atoms with Crippen LogP contribution >= 0.6 is 15.9 Å². The number of hydrogen-bond donors (Lipinski definition) is 2. The van der Waals surface area contributed by atoms with Crippen molar-refractivity contribution in [1.82, 2.24) is 0 Å². The third-order valence-electron chi connectivity index (χ3n) is 2.35. The minimum atomic E-state index is -0.110. The number of hydrogen-bond acceptors (Lipinski definition) is 2. The van der Waals surface area contributed by atoms with Gasteiger partial charge < -0.3 is 10.2 Å². The highest BCUT2D eigenvalue weighted by molar-refractivity contribution is 9.10. The van der Waals surface area contributed by atoms with Crippen LogP contribution in [0.4, 0.5) is 0 Å². The second-order valence-electron chi connectivity index (χ2n) is 3.60. The van der Waals surface area contributed by atoms with Crippen LogP contribution in [0.2, 0.25) is 0 Å². The summed E-state index contributed by atoms with van der Waals surface area (Å²) in [4.78, 5) is 0. The predicted molar refractivity (Wildman–Crippen MR) is 72.8 cm³/mol. The number of phenols is 2. The van der Waals surface area contributed by atoms with E-state index in [0.29, 0.717) is 5.56 Å². The smallest absolute Gasteiger partial charge is 0.164 e. The van der Waals surface area contributed by atoms with Gasteiger partial charge in [0, 0.05) is 10.0 Å². The summed E-state index contributed by atoms with van der Waals surface area (Å²) in [6.07, 6.45) is 3.64. The number of phenolic OH excluding ortho intramolecular Hbond substituents is 2. The highest BCUT2D eigenvalue weighted by atomic mass is 79.9. The first-order chi connectivity index (χ1) is 8.16. The van der Waals surface area contributed by atoms with E-state index in [0.717, 1.165) is 10.0 Å². The quantitative estimate of drug-likeness (QED) is 0.648. The van der Waals surface area contributed by atoms with E-state index >= 15 is 0 Å². The maximum atomic E-state index is 9.62. The molecule has 0 aliphatic heterocycles. The molecular formula is C14H11BrO2. The van der Waals surface area contributed by atoms with Crippen molar-refractivity contribution in [2.45, 2.75) is 0 Å². The molecule has 0 amide bonds. The van der Waals surface area contributed by atoms with Gasteiger partial charge in [0.25, 0.3) is 0 Å². The molecule has 86 valence electrons. The van der Waals surface area contributed by atoms with Gasteiger partial charge in [-0.1, -0.05) is 52.3 Å². The molecule has 0 aliphatic carbocycles. The first kappa shape index (κ1) is 11.7. The fraction of sp³-hybridized carbons (Fsp3) is 0. The van der Waals surface area contributed by atoms with Crippen molar-refractivity contribution in [3.63, 3.8) is 0 Å². The van der Waals surface area contributed by atoms with Gasteiger partial charge in [-0.15, -0.1) is 0 Å². The Bertz CT molecular complexity index is 562. The molecule has 2 aromatic carbocycles. The monoisotopic (exact) mass is 290 g/mol. The molecule has 0 radical (unpaired) electrons. The molecule has 0 aromatic heterocycles. The van der Waals surface area contributed by atoms with E-state index in [4.69, 9.17) is 0 Å². The largest absolute Gasteiger partial charge is 0.504 e. The molecule has 0 bridgehead atoms. The molecule has 17 heavy (non-hydrogen) atoms. The Hall–Kier alpha value is -1.74. The first-order valence-corrected chi connectivity index (χ1v) is 5.91. The van der Waals surface area contributed by atoms with E-state index in [-0.39, 0.29) is 11.5 Å². The third-order valence-corrected chi connectivity index (χ3v) is 2.84. The van der Waals surface area contributed by atoms with Gasteiger partial charge in [0.1, 0.15) is 0 Å². The van der Waals surface area contributed by atoms with Crippen molar-refractivity contribution < 1.29 is 10.2 Å². The van der Waals surface area contributed by atoms with Crippen molar-refractivity contribution in [2.24, 2.45) is 0 Å². The van der Waals surface area contributed by atoms with Gasteiger partial charge in [0.2, 0.25) is 0 Å². The standard InChI is InChI=1S/C14H11BrO2/c15-12-5-1-3-10(9-12)7-8-11-4-2-6-13(16)14(11)17/h1-9,16-17H/b8-7+. The maximum absolute atomic E-state index is 9.62. The van der Waals surface area contributed by atoms with E-state index < -0.39 is 0 Å². The van der Waals surface area contributed by atoms with Crippen molar-refractivity contribution in [2.75, 3.05) is 0 Å². The SMILES string of the molecule is Oc1cccc(/C=C/c2cccc(Br)c2)c1O. The molecule has 0 heterocycles. The van der Waals surface area contributed by atoms with Crippen molar-refractivity contribution in [3.8, 4) is 11.5 Å². The van der Waals surface area contributed by atoms with Crippen molar-refractivity contribution >= 4 is 28.1 Å². The van der Waals surface area contributed by atoms with Gasteiger partial charge in [-0.05, 0) is 23.8 Å². The van der Waals surface area contributed by atoms with Gasteiger partial charge in [0.05, 0.1) is 0 Å². The second-order valence-corrected chi connectivity index (χ2v) is 4.52. The fourth-order valence-electron chi connectivity index (χ4n) is 1.48. The third kappa shape index (κ3) is 2.88.